The lowest BCUT2D eigenvalue weighted by atomic mass is 10.3. The van der Waals surface area contributed by atoms with Gasteiger partial charge >= 0.3 is 6.18 Å². The van der Waals surface area contributed by atoms with Crippen LogP contribution < -0.4 is 15.4 Å². The lowest BCUT2D eigenvalue weighted by Crippen LogP contribution is -2.39. The van der Waals surface area contributed by atoms with E-state index in [2.05, 4.69) is 26.9 Å². The van der Waals surface area contributed by atoms with E-state index in [-0.39, 0.29) is 36.5 Å². The van der Waals surface area contributed by atoms with E-state index in [4.69, 9.17) is 4.74 Å². The van der Waals surface area contributed by atoms with Crippen LogP contribution in [0.2, 0.25) is 0 Å². The first-order valence-electron chi connectivity index (χ1n) is 7.57. The van der Waals surface area contributed by atoms with Crippen LogP contribution in [0.15, 0.2) is 23.3 Å². The molecule has 25 heavy (non-hydrogen) atoms. The van der Waals surface area contributed by atoms with Crippen LogP contribution in [0.25, 0.3) is 0 Å². The molecule has 10 heteroatoms. The molecule has 0 aliphatic rings. The number of hydrogen-bond acceptors (Lipinski definition) is 4. The van der Waals surface area contributed by atoms with Crippen LogP contribution in [0.1, 0.15) is 18.4 Å². The molecule has 0 radical (unpaired) electrons. The van der Waals surface area contributed by atoms with Crippen LogP contribution in [0.3, 0.4) is 0 Å². The second kappa shape index (κ2) is 13.3. The molecule has 1 aromatic rings. The first-order chi connectivity index (χ1) is 11.5. The number of hydrogen-bond donors (Lipinski definition) is 2. The van der Waals surface area contributed by atoms with Crippen LogP contribution in [0, 0.1) is 0 Å². The summed E-state index contributed by atoms with van der Waals surface area (Å²) in [6.45, 7) is 1.57. The zero-order chi connectivity index (χ0) is 17.8. The predicted octanol–water partition coefficient (Wildman–Crippen LogP) is 3.41. The Bertz CT molecular complexity index is 501. The minimum absolute atomic E-state index is 0. The molecule has 1 heterocycles. The summed E-state index contributed by atoms with van der Waals surface area (Å²) in [7, 11) is 1.68. The molecule has 0 amide bonds. The third kappa shape index (κ3) is 10.6. The van der Waals surface area contributed by atoms with Gasteiger partial charge in [0.2, 0.25) is 5.88 Å². The summed E-state index contributed by atoms with van der Waals surface area (Å²) >= 11 is 1.82. The molecule has 0 aliphatic carbocycles. The summed E-state index contributed by atoms with van der Waals surface area (Å²) in [5.74, 6) is 1.97. The molecular weight excluding hydrogens is 468 g/mol. The average molecular weight is 492 g/mol. The lowest BCUT2D eigenvalue weighted by Gasteiger charge is -2.12. The summed E-state index contributed by atoms with van der Waals surface area (Å²) < 4.78 is 42.5. The first kappa shape index (κ1) is 24.1. The molecule has 0 atom stereocenters. The monoisotopic (exact) mass is 492 g/mol. The molecular formula is C15H24F3IN4OS. The largest absolute Gasteiger partial charge is 0.476 e. The van der Waals surface area contributed by atoms with Crippen molar-refractivity contribution in [3.8, 4) is 5.88 Å². The molecule has 0 spiro atoms. The average Bonchev–Trinajstić information content (AvgIpc) is 2.56. The number of alkyl halides is 3. The van der Waals surface area contributed by atoms with E-state index in [1.165, 1.54) is 6.07 Å². The van der Waals surface area contributed by atoms with Crippen molar-refractivity contribution in [2.24, 2.45) is 4.99 Å². The predicted molar refractivity (Wildman–Crippen MR) is 107 cm³/mol. The van der Waals surface area contributed by atoms with E-state index in [1.54, 1.807) is 7.05 Å². The molecule has 5 nitrogen and oxygen atoms in total. The van der Waals surface area contributed by atoms with Gasteiger partial charge in [-0.05, 0) is 30.9 Å². The van der Waals surface area contributed by atoms with Gasteiger partial charge in [-0.1, -0.05) is 0 Å². The number of nitrogens with one attached hydrogen (secondary N) is 2. The van der Waals surface area contributed by atoms with Gasteiger partial charge in [-0.25, -0.2) is 4.98 Å². The van der Waals surface area contributed by atoms with Gasteiger partial charge in [0, 0.05) is 25.9 Å². The topological polar surface area (TPSA) is 58.5 Å². The highest BCUT2D eigenvalue weighted by Crippen LogP contribution is 2.29. The van der Waals surface area contributed by atoms with Gasteiger partial charge in [-0.3, -0.25) is 4.99 Å². The van der Waals surface area contributed by atoms with Crippen molar-refractivity contribution in [2.75, 3.05) is 38.8 Å². The number of aromatic nitrogens is 1. The molecule has 1 aromatic heterocycles. The number of nitrogens with zero attached hydrogens (tertiary/aromatic N) is 2. The summed E-state index contributed by atoms with van der Waals surface area (Å²) in [6.07, 6.45) is 0.666. The van der Waals surface area contributed by atoms with Crippen molar-refractivity contribution in [3.05, 3.63) is 23.9 Å². The highest BCUT2D eigenvalue weighted by Gasteiger charge is 2.30. The summed E-state index contributed by atoms with van der Waals surface area (Å²) in [5.41, 5.74) is -0.793. The van der Waals surface area contributed by atoms with Crippen molar-refractivity contribution < 1.29 is 17.9 Å². The van der Waals surface area contributed by atoms with Gasteiger partial charge in [-0.2, -0.15) is 24.9 Å². The Balaban J connectivity index is 0.00000576. The Kier molecular flexibility index (Phi) is 12.8. The molecule has 0 bridgehead atoms. The van der Waals surface area contributed by atoms with Crippen molar-refractivity contribution in [1.29, 1.82) is 0 Å². The Morgan fingerprint density at radius 1 is 1.24 bits per heavy atom. The summed E-state index contributed by atoms with van der Waals surface area (Å²) in [4.78, 5) is 7.72. The van der Waals surface area contributed by atoms with Gasteiger partial charge in [0.15, 0.2) is 5.96 Å². The van der Waals surface area contributed by atoms with Crippen molar-refractivity contribution in [3.63, 3.8) is 0 Å². The van der Waals surface area contributed by atoms with Gasteiger partial charge in [-0.15, -0.1) is 24.0 Å². The number of unbranched alkanes of at least 4 members (excludes halogenated alkanes) is 1. The Morgan fingerprint density at radius 3 is 2.52 bits per heavy atom. The van der Waals surface area contributed by atoms with Gasteiger partial charge in [0.1, 0.15) is 6.61 Å². The standard InChI is InChI=1S/C15H23F3N4OS.HI/c1-19-14(20-7-3-4-10-24-2)21-8-9-23-13-6-5-12(11-22-13)15(16,17)18;/h5-6,11H,3-4,7-10H2,1-2H3,(H2,19,20,21);1H. The Hall–Kier alpha value is -0.910. The zero-order valence-electron chi connectivity index (χ0n) is 14.2. The number of rotatable bonds is 9. The van der Waals surface area contributed by atoms with Crippen LogP contribution in [0.5, 0.6) is 5.88 Å². The van der Waals surface area contributed by atoms with E-state index in [0.29, 0.717) is 12.5 Å². The first-order valence-corrected chi connectivity index (χ1v) is 8.96. The maximum absolute atomic E-state index is 12.4. The summed E-state index contributed by atoms with van der Waals surface area (Å²) in [5, 5.41) is 6.25. The lowest BCUT2D eigenvalue weighted by molar-refractivity contribution is -0.137. The van der Waals surface area contributed by atoms with E-state index in [0.717, 1.165) is 37.4 Å². The van der Waals surface area contributed by atoms with Gasteiger partial charge in [0.05, 0.1) is 12.1 Å². The molecule has 0 saturated carbocycles. The molecule has 0 unspecified atom stereocenters. The van der Waals surface area contributed by atoms with Crippen LogP contribution in [-0.4, -0.2) is 49.7 Å². The second-order valence-electron chi connectivity index (χ2n) is 4.86. The number of ether oxygens (including phenoxy) is 1. The third-order valence-corrected chi connectivity index (χ3v) is 3.70. The van der Waals surface area contributed by atoms with Crippen molar-refractivity contribution >= 4 is 41.7 Å². The molecule has 0 aromatic carbocycles. The summed E-state index contributed by atoms with van der Waals surface area (Å²) in [6, 6.07) is 2.16. The minimum atomic E-state index is -4.39. The number of halogens is 4. The van der Waals surface area contributed by atoms with E-state index >= 15 is 0 Å². The number of pyridine rings is 1. The van der Waals surface area contributed by atoms with Crippen LogP contribution in [0.4, 0.5) is 13.2 Å². The van der Waals surface area contributed by atoms with E-state index in [1.807, 2.05) is 11.8 Å². The third-order valence-electron chi connectivity index (χ3n) is 3.00. The molecule has 0 aliphatic heterocycles. The maximum Gasteiger partial charge on any atom is 0.417 e. The normalized spacial score (nSPS) is 11.6. The fraction of sp³-hybridized carbons (Fsp3) is 0.600. The fourth-order valence-electron chi connectivity index (χ4n) is 1.76. The zero-order valence-corrected chi connectivity index (χ0v) is 17.4. The number of thioether (sulfide) groups is 1. The Morgan fingerprint density at radius 2 is 1.96 bits per heavy atom. The van der Waals surface area contributed by atoms with Crippen LogP contribution in [-0.2, 0) is 6.18 Å². The molecule has 144 valence electrons. The molecule has 0 saturated heterocycles. The van der Waals surface area contributed by atoms with E-state index in [9.17, 15) is 13.2 Å². The van der Waals surface area contributed by atoms with Crippen molar-refractivity contribution in [1.82, 2.24) is 15.6 Å². The maximum atomic E-state index is 12.4. The number of guanidine groups is 1. The quantitative estimate of drug-likeness (QED) is 0.240. The Labute approximate surface area is 167 Å². The smallest absolute Gasteiger partial charge is 0.417 e. The second-order valence-corrected chi connectivity index (χ2v) is 5.84. The SMILES string of the molecule is CN=C(NCCCCSC)NCCOc1ccc(C(F)(F)F)cn1.I. The molecule has 0 fully saturated rings. The number of aliphatic imine (C=N–C) groups is 1. The highest BCUT2D eigenvalue weighted by atomic mass is 127. The molecule has 1 rings (SSSR count). The van der Waals surface area contributed by atoms with Gasteiger partial charge < -0.3 is 15.4 Å². The van der Waals surface area contributed by atoms with E-state index < -0.39 is 11.7 Å². The molecule has 2 N–H and O–H groups in total. The van der Waals surface area contributed by atoms with Crippen molar-refractivity contribution in [2.45, 2.75) is 19.0 Å². The highest BCUT2D eigenvalue weighted by molar-refractivity contribution is 14.0. The van der Waals surface area contributed by atoms with Gasteiger partial charge in [0.25, 0.3) is 0 Å². The van der Waals surface area contributed by atoms with Crippen LogP contribution >= 0.6 is 35.7 Å². The fourth-order valence-corrected chi connectivity index (χ4v) is 2.25. The minimum Gasteiger partial charge on any atom is -0.476 e.